The summed E-state index contributed by atoms with van der Waals surface area (Å²) in [6.07, 6.45) is 1.72. The maximum Gasteiger partial charge on any atom is 0.410 e. The van der Waals surface area contributed by atoms with Crippen molar-refractivity contribution in [2.24, 2.45) is 0 Å². The number of rotatable bonds is 3. The SMILES string of the molecule is COc1ccc(OC)c(C2CCCN(C(=O)OC(C)(C)C)C2)c1. The maximum absolute atomic E-state index is 12.3. The van der Waals surface area contributed by atoms with Crippen LogP contribution in [0.4, 0.5) is 4.79 Å². The highest BCUT2D eigenvalue weighted by atomic mass is 16.6. The van der Waals surface area contributed by atoms with Crippen LogP contribution in [0.3, 0.4) is 0 Å². The van der Waals surface area contributed by atoms with E-state index >= 15 is 0 Å². The van der Waals surface area contributed by atoms with E-state index < -0.39 is 5.60 Å². The van der Waals surface area contributed by atoms with E-state index in [0.717, 1.165) is 36.4 Å². The Bertz CT molecular complexity index is 550. The van der Waals surface area contributed by atoms with E-state index in [2.05, 4.69) is 0 Å². The van der Waals surface area contributed by atoms with Crippen molar-refractivity contribution in [2.45, 2.75) is 45.1 Å². The number of carbonyl (C=O) groups excluding carboxylic acids is 1. The second kappa shape index (κ2) is 7.11. The number of nitrogens with zero attached hydrogens (tertiary/aromatic N) is 1. The normalized spacial score (nSPS) is 18.5. The summed E-state index contributed by atoms with van der Waals surface area (Å²) in [5.74, 6) is 1.86. The molecular formula is C18H27NO4. The third-order valence-electron chi connectivity index (χ3n) is 3.95. The fourth-order valence-corrected chi connectivity index (χ4v) is 2.88. The lowest BCUT2D eigenvalue weighted by Crippen LogP contribution is -2.42. The van der Waals surface area contributed by atoms with Gasteiger partial charge in [0, 0.05) is 24.6 Å². The van der Waals surface area contributed by atoms with E-state index in [-0.39, 0.29) is 12.0 Å². The molecule has 0 bridgehead atoms. The summed E-state index contributed by atoms with van der Waals surface area (Å²) < 4.78 is 16.3. The van der Waals surface area contributed by atoms with Crippen molar-refractivity contribution in [1.29, 1.82) is 0 Å². The van der Waals surface area contributed by atoms with Gasteiger partial charge in [-0.3, -0.25) is 0 Å². The topological polar surface area (TPSA) is 48.0 Å². The van der Waals surface area contributed by atoms with Gasteiger partial charge >= 0.3 is 6.09 Å². The molecule has 1 atom stereocenters. The van der Waals surface area contributed by atoms with Gasteiger partial charge in [0.15, 0.2) is 0 Å². The predicted molar refractivity (Wildman–Crippen MR) is 89.3 cm³/mol. The van der Waals surface area contributed by atoms with Gasteiger partial charge in [0.2, 0.25) is 0 Å². The van der Waals surface area contributed by atoms with Crippen molar-refractivity contribution in [3.05, 3.63) is 23.8 Å². The molecule has 1 saturated heterocycles. The van der Waals surface area contributed by atoms with Crippen LogP contribution in [0.1, 0.15) is 45.1 Å². The van der Waals surface area contributed by atoms with E-state index in [9.17, 15) is 4.79 Å². The number of benzene rings is 1. The molecule has 1 amide bonds. The molecule has 1 aromatic rings. The highest BCUT2D eigenvalue weighted by Gasteiger charge is 2.29. The Hall–Kier alpha value is -1.91. The molecular weight excluding hydrogens is 294 g/mol. The summed E-state index contributed by atoms with van der Waals surface area (Å²) >= 11 is 0. The lowest BCUT2D eigenvalue weighted by molar-refractivity contribution is 0.0197. The van der Waals surface area contributed by atoms with Crippen LogP contribution in [0.2, 0.25) is 0 Å². The van der Waals surface area contributed by atoms with Crippen molar-refractivity contribution in [1.82, 2.24) is 4.90 Å². The van der Waals surface area contributed by atoms with Crippen molar-refractivity contribution in [3.8, 4) is 11.5 Å². The third-order valence-corrected chi connectivity index (χ3v) is 3.95. The van der Waals surface area contributed by atoms with E-state index in [0.29, 0.717) is 6.54 Å². The van der Waals surface area contributed by atoms with Gasteiger partial charge in [-0.25, -0.2) is 4.79 Å². The number of likely N-dealkylation sites (tertiary alicyclic amines) is 1. The van der Waals surface area contributed by atoms with Gasteiger partial charge in [0.05, 0.1) is 14.2 Å². The molecule has 23 heavy (non-hydrogen) atoms. The van der Waals surface area contributed by atoms with Crippen molar-refractivity contribution >= 4 is 6.09 Å². The first kappa shape index (κ1) is 17.4. The van der Waals surface area contributed by atoms with E-state index in [1.807, 2.05) is 39.0 Å². The van der Waals surface area contributed by atoms with Gasteiger partial charge in [0.1, 0.15) is 17.1 Å². The molecule has 0 radical (unpaired) electrons. The zero-order valence-electron chi connectivity index (χ0n) is 14.7. The summed E-state index contributed by atoms with van der Waals surface area (Å²) in [7, 11) is 3.32. The Kier molecular flexibility index (Phi) is 5.39. The highest BCUT2D eigenvalue weighted by Crippen LogP contribution is 2.36. The van der Waals surface area contributed by atoms with Gasteiger partial charge in [0.25, 0.3) is 0 Å². The number of hydrogen-bond acceptors (Lipinski definition) is 4. The molecule has 1 aliphatic rings. The largest absolute Gasteiger partial charge is 0.497 e. The molecule has 2 rings (SSSR count). The Morgan fingerprint density at radius 1 is 1.22 bits per heavy atom. The van der Waals surface area contributed by atoms with E-state index in [1.165, 1.54) is 0 Å². The lowest BCUT2D eigenvalue weighted by Gasteiger charge is -2.34. The molecule has 128 valence electrons. The fraction of sp³-hybridized carbons (Fsp3) is 0.611. The molecule has 5 nitrogen and oxygen atoms in total. The molecule has 0 N–H and O–H groups in total. The average molecular weight is 321 g/mol. The summed E-state index contributed by atoms with van der Waals surface area (Å²) in [6.45, 7) is 7.03. The molecule has 0 aliphatic carbocycles. The summed E-state index contributed by atoms with van der Waals surface area (Å²) in [6, 6.07) is 5.81. The van der Waals surface area contributed by atoms with Crippen molar-refractivity contribution in [3.63, 3.8) is 0 Å². The van der Waals surface area contributed by atoms with Crippen LogP contribution in [-0.2, 0) is 4.74 Å². The van der Waals surface area contributed by atoms with Gasteiger partial charge < -0.3 is 19.1 Å². The molecule has 0 saturated carbocycles. The fourth-order valence-electron chi connectivity index (χ4n) is 2.88. The monoisotopic (exact) mass is 321 g/mol. The van der Waals surface area contributed by atoms with E-state index in [1.54, 1.807) is 19.1 Å². The minimum Gasteiger partial charge on any atom is -0.497 e. The van der Waals surface area contributed by atoms with Crippen molar-refractivity contribution < 1.29 is 19.0 Å². The minimum absolute atomic E-state index is 0.223. The average Bonchev–Trinajstić information content (AvgIpc) is 2.52. The summed E-state index contributed by atoms with van der Waals surface area (Å²) in [4.78, 5) is 14.1. The lowest BCUT2D eigenvalue weighted by atomic mass is 9.90. The van der Waals surface area contributed by atoms with Crippen LogP contribution in [0.15, 0.2) is 18.2 Å². The van der Waals surface area contributed by atoms with Crippen molar-refractivity contribution in [2.75, 3.05) is 27.3 Å². The zero-order chi connectivity index (χ0) is 17.0. The second-order valence-electron chi connectivity index (χ2n) is 6.87. The summed E-state index contributed by atoms with van der Waals surface area (Å²) in [5, 5.41) is 0. The van der Waals surface area contributed by atoms with E-state index in [4.69, 9.17) is 14.2 Å². The quantitative estimate of drug-likeness (QED) is 0.849. The zero-order valence-corrected chi connectivity index (χ0v) is 14.7. The Balaban J connectivity index is 2.16. The molecule has 1 heterocycles. The molecule has 0 aromatic heterocycles. The van der Waals surface area contributed by atoms with Crippen LogP contribution >= 0.6 is 0 Å². The van der Waals surface area contributed by atoms with Gasteiger partial charge in [-0.05, 0) is 51.8 Å². The van der Waals surface area contributed by atoms with Crippen LogP contribution in [0.25, 0.3) is 0 Å². The number of amides is 1. The molecule has 5 heteroatoms. The number of carbonyl (C=O) groups is 1. The first-order valence-electron chi connectivity index (χ1n) is 8.04. The van der Waals surface area contributed by atoms with Gasteiger partial charge in [-0.1, -0.05) is 0 Å². The van der Waals surface area contributed by atoms with Crippen LogP contribution in [-0.4, -0.2) is 43.9 Å². The summed E-state index contributed by atoms with van der Waals surface area (Å²) in [5.41, 5.74) is 0.609. The number of methoxy groups -OCH3 is 2. The van der Waals surface area contributed by atoms with Gasteiger partial charge in [-0.15, -0.1) is 0 Å². The predicted octanol–water partition coefficient (Wildman–Crippen LogP) is 3.82. The minimum atomic E-state index is -0.475. The molecule has 0 spiro atoms. The van der Waals surface area contributed by atoms with Gasteiger partial charge in [-0.2, -0.15) is 0 Å². The Morgan fingerprint density at radius 2 is 1.96 bits per heavy atom. The van der Waals surface area contributed by atoms with Crippen LogP contribution in [0.5, 0.6) is 11.5 Å². The number of hydrogen-bond donors (Lipinski definition) is 0. The third kappa shape index (κ3) is 4.53. The molecule has 1 unspecified atom stereocenters. The second-order valence-corrected chi connectivity index (χ2v) is 6.87. The Morgan fingerprint density at radius 3 is 2.57 bits per heavy atom. The molecule has 1 aliphatic heterocycles. The first-order valence-corrected chi connectivity index (χ1v) is 8.04. The first-order chi connectivity index (χ1) is 10.8. The number of ether oxygens (including phenoxy) is 3. The maximum atomic E-state index is 12.3. The number of piperidine rings is 1. The molecule has 1 aromatic carbocycles. The Labute approximate surface area is 138 Å². The highest BCUT2D eigenvalue weighted by molar-refractivity contribution is 5.68. The smallest absolute Gasteiger partial charge is 0.410 e. The standard InChI is InChI=1S/C18H27NO4/c1-18(2,3)23-17(20)19-10-6-7-13(12-19)15-11-14(21-4)8-9-16(15)22-5/h8-9,11,13H,6-7,10,12H2,1-5H3. The van der Waals surface area contributed by atoms with Crippen LogP contribution < -0.4 is 9.47 Å². The van der Waals surface area contributed by atoms with Crippen LogP contribution in [0, 0.1) is 0 Å². The molecule has 1 fully saturated rings.